The summed E-state index contributed by atoms with van der Waals surface area (Å²) in [5.74, 6) is 0. The average Bonchev–Trinajstić information content (AvgIpc) is 2.79. The van der Waals surface area contributed by atoms with E-state index in [-0.39, 0.29) is 17.7 Å². The maximum absolute atomic E-state index is 12.9. The number of nitrogens with zero attached hydrogens (tertiary/aromatic N) is 5. The summed E-state index contributed by atoms with van der Waals surface area (Å²) < 4.78 is 1.67. The van der Waals surface area contributed by atoms with Crippen LogP contribution < -0.4 is 10.5 Å². The van der Waals surface area contributed by atoms with E-state index in [4.69, 9.17) is 0 Å². The largest absolute Gasteiger partial charge is 0.393 e. The van der Waals surface area contributed by atoms with Crippen LogP contribution in [0.3, 0.4) is 0 Å². The van der Waals surface area contributed by atoms with Crippen LogP contribution in [0, 0.1) is 0 Å². The predicted octanol–water partition coefficient (Wildman–Crippen LogP) is 2.59. The number of aromatic nitrogens is 3. The van der Waals surface area contributed by atoms with Crippen LogP contribution in [0.1, 0.15) is 37.3 Å². The number of anilines is 1. The first-order chi connectivity index (χ1) is 15.2. The van der Waals surface area contributed by atoms with Gasteiger partial charge in [-0.25, -0.2) is 4.68 Å². The number of hydrogen-bond acceptors (Lipinski definition) is 6. The molecular formula is C24H29N5O2. The van der Waals surface area contributed by atoms with Crippen LogP contribution in [0.4, 0.5) is 5.69 Å². The number of hydrogen-bond donors (Lipinski definition) is 1. The molecular weight excluding hydrogens is 390 g/mol. The van der Waals surface area contributed by atoms with Gasteiger partial charge in [0, 0.05) is 43.8 Å². The number of pyridine rings is 1. The third-order valence-corrected chi connectivity index (χ3v) is 6.54. The SMILES string of the molecule is O=c1cc(N2CCC(O)CC2)cnn1[C@H]1CCCN(Cc2ccc3ncccc3c2)C1. The molecule has 0 amide bonds. The summed E-state index contributed by atoms with van der Waals surface area (Å²) in [6, 6.07) is 12.3. The van der Waals surface area contributed by atoms with Crippen LogP contribution in [0.5, 0.6) is 0 Å². The highest BCUT2D eigenvalue weighted by Gasteiger charge is 2.24. The van der Waals surface area contributed by atoms with Crippen LogP contribution in [0.2, 0.25) is 0 Å². The zero-order valence-corrected chi connectivity index (χ0v) is 17.7. The summed E-state index contributed by atoms with van der Waals surface area (Å²) in [5, 5.41) is 15.4. The molecule has 2 saturated heterocycles. The minimum Gasteiger partial charge on any atom is -0.393 e. The van der Waals surface area contributed by atoms with E-state index in [0.717, 1.165) is 75.0 Å². The molecule has 7 heteroatoms. The van der Waals surface area contributed by atoms with Gasteiger partial charge in [0.25, 0.3) is 5.56 Å². The molecule has 2 aliphatic rings. The number of aliphatic hydroxyl groups is 1. The summed E-state index contributed by atoms with van der Waals surface area (Å²) in [6.07, 6.45) is 6.92. The van der Waals surface area contributed by atoms with Crippen molar-refractivity contribution in [3.63, 3.8) is 0 Å². The summed E-state index contributed by atoms with van der Waals surface area (Å²) in [6.45, 7) is 4.26. The Morgan fingerprint density at radius 1 is 1.06 bits per heavy atom. The molecule has 2 aliphatic heterocycles. The molecule has 3 aromatic rings. The molecule has 7 nitrogen and oxygen atoms in total. The van der Waals surface area contributed by atoms with E-state index in [0.29, 0.717) is 0 Å². The second kappa shape index (κ2) is 8.77. The molecule has 31 heavy (non-hydrogen) atoms. The van der Waals surface area contributed by atoms with Crippen LogP contribution in [-0.2, 0) is 6.54 Å². The molecule has 2 fully saturated rings. The lowest BCUT2D eigenvalue weighted by Crippen LogP contribution is -2.41. The fourth-order valence-corrected chi connectivity index (χ4v) is 4.84. The number of rotatable bonds is 4. The van der Waals surface area contributed by atoms with Gasteiger partial charge in [0.15, 0.2) is 0 Å². The summed E-state index contributed by atoms with van der Waals surface area (Å²) in [4.78, 5) is 21.8. The zero-order valence-electron chi connectivity index (χ0n) is 17.7. The van der Waals surface area contributed by atoms with E-state index in [1.54, 1.807) is 10.7 Å². The molecule has 162 valence electrons. The summed E-state index contributed by atoms with van der Waals surface area (Å²) in [5.41, 5.74) is 3.11. The topological polar surface area (TPSA) is 74.5 Å². The Labute approximate surface area is 181 Å². The Morgan fingerprint density at radius 2 is 1.94 bits per heavy atom. The minimum absolute atomic E-state index is 0.0350. The van der Waals surface area contributed by atoms with Gasteiger partial charge in [-0.2, -0.15) is 5.10 Å². The molecule has 0 unspecified atom stereocenters. The maximum Gasteiger partial charge on any atom is 0.269 e. The fourth-order valence-electron chi connectivity index (χ4n) is 4.84. The third-order valence-electron chi connectivity index (χ3n) is 6.54. The Balaban J connectivity index is 1.28. The van der Waals surface area contributed by atoms with Crippen molar-refractivity contribution in [3.8, 4) is 0 Å². The van der Waals surface area contributed by atoms with E-state index < -0.39 is 0 Å². The second-order valence-corrected chi connectivity index (χ2v) is 8.78. The molecule has 1 atom stereocenters. The van der Waals surface area contributed by atoms with Gasteiger partial charge >= 0.3 is 0 Å². The van der Waals surface area contributed by atoms with E-state index in [2.05, 4.69) is 44.1 Å². The second-order valence-electron chi connectivity index (χ2n) is 8.78. The van der Waals surface area contributed by atoms with Crippen molar-refractivity contribution in [2.45, 2.75) is 44.4 Å². The van der Waals surface area contributed by atoms with Crippen molar-refractivity contribution in [2.24, 2.45) is 0 Å². The quantitative estimate of drug-likeness (QED) is 0.701. The number of fused-ring (bicyclic) bond motifs is 1. The Kier molecular flexibility index (Phi) is 5.70. The monoisotopic (exact) mass is 419 g/mol. The Bertz CT molecular complexity index is 1110. The van der Waals surface area contributed by atoms with Gasteiger partial charge < -0.3 is 10.0 Å². The lowest BCUT2D eigenvalue weighted by molar-refractivity contribution is 0.145. The van der Waals surface area contributed by atoms with Crippen LogP contribution >= 0.6 is 0 Å². The Morgan fingerprint density at radius 3 is 2.77 bits per heavy atom. The number of benzene rings is 1. The maximum atomic E-state index is 12.9. The predicted molar refractivity (Wildman–Crippen MR) is 121 cm³/mol. The normalized spacial score (nSPS) is 20.9. The van der Waals surface area contributed by atoms with Crippen molar-refractivity contribution < 1.29 is 5.11 Å². The van der Waals surface area contributed by atoms with E-state index in [9.17, 15) is 9.90 Å². The van der Waals surface area contributed by atoms with Crippen LogP contribution in [-0.4, -0.2) is 57.1 Å². The average molecular weight is 420 g/mol. The van der Waals surface area contributed by atoms with E-state index in [1.165, 1.54) is 5.56 Å². The molecule has 4 heterocycles. The molecule has 0 aliphatic carbocycles. The highest BCUT2D eigenvalue weighted by molar-refractivity contribution is 5.78. The number of piperidine rings is 2. The minimum atomic E-state index is -0.225. The number of likely N-dealkylation sites (tertiary alicyclic amines) is 1. The molecule has 0 radical (unpaired) electrons. The van der Waals surface area contributed by atoms with Crippen LogP contribution in [0.15, 0.2) is 53.6 Å². The Hall–Kier alpha value is -2.77. The van der Waals surface area contributed by atoms with E-state index in [1.807, 2.05) is 18.5 Å². The molecule has 1 N–H and O–H groups in total. The highest BCUT2D eigenvalue weighted by Crippen LogP contribution is 2.23. The van der Waals surface area contributed by atoms with Gasteiger partial charge in [-0.1, -0.05) is 12.1 Å². The summed E-state index contributed by atoms with van der Waals surface area (Å²) in [7, 11) is 0. The first-order valence-electron chi connectivity index (χ1n) is 11.2. The molecule has 5 rings (SSSR count). The summed E-state index contributed by atoms with van der Waals surface area (Å²) >= 11 is 0. The standard InChI is InChI=1S/C24H29N5O2/c30-22-7-11-28(12-8-22)21-14-24(31)29(26-15-21)20-4-2-10-27(17-20)16-18-5-6-23-19(13-18)3-1-9-25-23/h1,3,5-6,9,13-15,20,22,30H,2,4,7-8,10-12,16-17H2/t20-/m0/s1. The first-order valence-corrected chi connectivity index (χ1v) is 11.2. The third kappa shape index (κ3) is 4.48. The molecule has 2 aromatic heterocycles. The van der Waals surface area contributed by atoms with Gasteiger partial charge in [0.1, 0.15) is 0 Å². The van der Waals surface area contributed by atoms with Gasteiger partial charge in [-0.3, -0.25) is 14.7 Å². The molecule has 0 saturated carbocycles. The van der Waals surface area contributed by atoms with Crippen molar-refractivity contribution in [3.05, 3.63) is 64.7 Å². The highest BCUT2D eigenvalue weighted by atomic mass is 16.3. The van der Waals surface area contributed by atoms with Crippen molar-refractivity contribution in [1.82, 2.24) is 19.7 Å². The van der Waals surface area contributed by atoms with E-state index >= 15 is 0 Å². The van der Waals surface area contributed by atoms with Gasteiger partial charge in [0.2, 0.25) is 0 Å². The lowest BCUT2D eigenvalue weighted by Gasteiger charge is -2.34. The molecule has 1 aromatic carbocycles. The van der Waals surface area contributed by atoms with Crippen LogP contribution in [0.25, 0.3) is 10.9 Å². The van der Waals surface area contributed by atoms with Crippen molar-refractivity contribution in [1.29, 1.82) is 0 Å². The zero-order chi connectivity index (χ0) is 21.2. The molecule has 0 spiro atoms. The van der Waals surface area contributed by atoms with Gasteiger partial charge in [-0.05, 0) is 56.0 Å². The van der Waals surface area contributed by atoms with Gasteiger partial charge in [0.05, 0.1) is 29.5 Å². The fraction of sp³-hybridized carbons (Fsp3) is 0.458. The first kappa shape index (κ1) is 20.2. The molecule has 0 bridgehead atoms. The number of aliphatic hydroxyl groups excluding tert-OH is 1. The van der Waals surface area contributed by atoms with Crippen molar-refractivity contribution in [2.75, 3.05) is 31.1 Å². The smallest absolute Gasteiger partial charge is 0.269 e. The van der Waals surface area contributed by atoms with Gasteiger partial charge in [-0.15, -0.1) is 0 Å². The van der Waals surface area contributed by atoms with Crippen molar-refractivity contribution >= 4 is 16.6 Å². The lowest BCUT2D eigenvalue weighted by atomic mass is 10.0.